The fraction of sp³-hybridized carbons (Fsp3) is 0.500. The highest BCUT2D eigenvalue weighted by molar-refractivity contribution is 7.11. The normalized spacial score (nSPS) is 21.3. The third-order valence-electron chi connectivity index (χ3n) is 5.04. The van der Waals surface area contributed by atoms with Crippen LogP contribution in [0.1, 0.15) is 53.4 Å². The fourth-order valence-corrected chi connectivity index (χ4v) is 4.57. The number of rotatable bonds is 4. The van der Waals surface area contributed by atoms with E-state index in [0.717, 1.165) is 35.9 Å². The summed E-state index contributed by atoms with van der Waals surface area (Å²) in [4.78, 5) is 24.6. The van der Waals surface area contributed by atoms with E-state index in [4.69, 9.17) is 0 Å². The second-order valence-electron chi connectivity index (χ2n) is 6.64. The van der Waals surface area contributed by atoms with Crippen LogP contribution in [-0.4, -0.2) is 35.0 Å². The molecule has 2 aromatic rings. The summed E-state index contributed by atoms with van der Waals surface area (Å²) in [5.41, 5.74) is 2.84. The largest absolute Gasteiger partial charge is 0.354 e. The Bertz CT molecular complexity index is 696. The first kappa shape index (κ1) is 15.6. The van der Waals surface area contributed by atoms with Gasteiger partial charge >= 0.3 is 0 Å². The topological polar surface area (TPSA) is 58.1 Å². The Hall–Kier alpha value is -1.95. The molecule has 1 saturated heterocycles. The molecule has 0 radical (unpaired) electrons. The lowest BCUT2D eigenvalue weighted by molar-refractivity contribution is 0.0943. The molecule has 2 fully saturated rings. The van der Waals surface area contributed by atoms with Crippen LogP contribution < -0.4 is 10.2 Å². The van der Waals surface area contributed by atoms with Crippen molar-refractivity contribution in [3.8, 4) is 0 Å². The Morgan fingerprint density at radius 2 is 2.08 bits per heavy atom. The van der Waals surface area contributed by atoms with E-state index >= 15 is 0 Å². The predicted octanol–water partition coefficient (Wildman–Crippen LogP) is 3.20. The molecule has 2 aliphatic rings. The number of thiazole rings is 1. The van der Waals surface area contributed by atoms with E-state index in [1.165, 1.54) is 37.0 Å². The first-order valence-corrected chi connectivity index (χ1v) is 9.59. The summed E-state index contributed by atoms with van der Waals surface area (Å²) in [6, 6.07) is 6.12. The van der Waals surface area contributed by atoms with E-state index in [-0.39, 0.29) is 11.9 Å². The lowest BCUT2D eigenvalue weighted by Crippen LogP contribution is -2.37. The Balaban J connectivity index is 1.40. The number of aromatic nitrogens is 2. The zero-order valence-corrected chi connectivity index (χ0v) is 14.5. The summed E-state index contributed by atoms with van der Waals surface area (Å²) in [6.45, 7) is 1.75. The van der Waals surface area contributed by atoms with E-state index < -0.39 is 0 Å². The quantitative estimate of drug-likeness (QED) is 0.927. The van der Waals surface area contributed by atoms with Gasteiger partial charge in [-0.1, -0.05) is 18.9 Å². The summed E-state index contributed by atoms with van der Waals surface area (Å²) < 4.78 is 0. The van der Waals surface area contributed by atoms with Gasteiger partial charge in [0.1, 0.15) is 10.7 Å². The van der Waals surface area contributed by atoms with Crippen LogP contribution in [0.3, 0.4) is 0 Å². The molecule has 1 aliphatic heterocycles. The molecule has 1 aliphatic carbocycles. The van der Waals surface area contributed by atoms with E-state index in [1.807, 2.05) is 29.9 Å². The van der Waals surface area contributed by atoms with Gasteiger partial charge in [-0.25, -0.2) is 9.97 Å². The van der Waals surface area contributed by atoms with Gasteiger partial charge in [0.15, 0.2) is 0 Å². The molecule has 4 rings (SSSR count). The van der Waals surface area contributed by atoms with Crippen LogP contribution in [0.15, 0.2) is 29.9 Å². The molecule has 0 aromatic carbocycles. The fourth-order valence-electron chi connectivity index (χ4n) is 3.79. The number of anilines is 1. The molecule has 1 atom stereocenters. The summed E-state index contributed by atoms with van der Waals surface area (Å²) in [5, 5.41) is 3.21. The zero-order valence-electron chi connectivity index (χ0n) is 13.6. The number of hydrogen-bond acceptors (Lipinski definition) is 5. The van der Waals surface area contributed by atoms with Crippen molar-refractivity contribution in [3.05, 3.63) is 40.5 Å². The molecular formula is C18H22N4OS. The van der Waals surface area contributed by atoms with E-state index in [1.54, 1.807) is 0 Å². The number of carbonyl (C=O) groups is 1. The van der Waals surface area contributed by atoms with Gasteiger partial charge in [-0.15, -0.1) is 11.3 Å². The molecule has 1 saturated carbocycles. The second kappa shape index (κ2) is 6.89. The number of pyridine rings is 1. The number of amides is 1. The molecule has 0 bridgehead atoms. The van der Waals surface area contributed by atoms with Gasteiger partial charge in [-0.05, 0) is 31.4 Å². The summed E-state index contributed by atoms with van der Waals surface area (Å²) in [7, 11) is 0. The zero-order chi connectivity index (χ0) is 16.4. The summed E-state index contributed by atoms with van der Waals surface area (Å²) in [6.07, 6.45) is 7.62. The van der Waals surface area contributed by atoms with Gasteiger partial charge in [0.2, 0.25) is 0 Å². The van der Waals surface area contributed by atoms with Gasteiger partial charge in [-0.3, -0.25) is 4.79 Å². The number of nitrogens with one attached hydrogen (secondary N) is 1. The van der Waals surface area contributed by atoms with E-state index in [0.29, 0.717) is 5.92 Å². The van der Waals surface area contributed by atoms with Crippen molar-refractivity contribution in [3.63, 3.8) is 0 Å². The Morgan fingerprint density at radius 1 is 1.21 bits per heavy atom. The highest BCUT2D eigenvalue weighted by atomic mass is 32.1. The Labute approximate surface area is 146 Å². The van der Waals surface area contributed by atoms with Crippen LogP contribution in [-0.2, 0) is 0 Å². The number of nitrogens with zero attached hydrogens (tertiary/aromatic N) is 3. The first-order chi connectivity index (χ1) is 11.8. The van der Waals surface area contributed by atoms with Crippen LogP contribution in [0.25, 0.3) is 0 Å². The van der Waals surface area contributed by atoms with Gasteiger partial charge in [-0.2, -0.15) is 0 Å². The van der Waals surface area contributed by atoms with Gasteiger partial charge in [0, 0.05) is 31.2 Å². The minimum atomic E-state index is 0.0484. The van der Waals surface area contributed by atoms with Gasteiger partial charge in [0.05, 0.1) is 11.2 Å². The average Bonchev–Trinajstić information content (AvgIpc) is 3.36. The molecule has 24 heavy (non-hydrogen) atoms. The average molecular weight is 342 g/mol. The van der Waals surface area contributed by atoms with Crippen molar-refractivity contribution >= 4 is 23.1 Å². The lowest BCUT2D eigenvalue weighted by atomic mass is 10.0. The van der Waals surface area contributed by atoms with Crippen molar-refractivity contribution < 1.29 is 4.79 Å². The molecule has 1 unspecified atom stereocenters. The Kier molecular flexibility index (Phi) is 4.47. The maximum atomic E-state index is 12.7. The van der Waals surface area contributed by atoms with Crippen molar-refractivity contribution in [2.24, 2.45) is 0 Å². The standard InChI is InChI=1S/C18H22N4OS/c23-18(17-16(20-12-24-17)13-5-1-2-6-13)21-14-8-10-22(11-14)15-7-3-4-9-19-15/h3-4,7,9,12-14H,1-2,5-6,8,10-11H2,(H,21,23). The molecule has 0 spiro atoms. The molecule has 1 N–H and O–H groups in total. The smallest absolute Gasteiger partial charge is 0.263 e. The SMILES string of the molecule is O=C(NC1CCN(c2ccccn2)C1)c1scnc1C1CCCC1. The first-order valence-electron chi connectivity index (χ1n) is 8.71. The van der Waals surface area contributed by atoms with E-state index in [2.05, 4.69) is 20.2 Å². The molecule has 5 nitrogen and oxygen atoms in total. The molecular weight excluding hydrogens is 320 g/mol. The summed E-state index contributed by atoms with van der Waals surface area (Å²) in [5.74, 6) is 1.51. The third kappa shape index (κ3) is 3.15. The van der Waals surface area contributed by atoms with Crippen LogP contribution in [0, 0.1) is 0 Å². The molecule has 126 valence electrons. The van der Waals surface area contributed by atoms with Crippen molar-refractivity contribution in [1.29, 1.82) is 0 Å². The van der Waals surface area contributed by atoms with Crippen LogP contribution in [0.2, 0.25) is 0 Å². The predicted molar refractivity (Wildman–Crippen MR) is 95.6 cm³/mol. The summed E-state index contributed by atoms with van der Waals surface area (Å²) >= 11 is 1.48. The van der Waals surface area contributed by atoms with Crippen LogP contribution in [0.5, 0.6) is 0 Å². The van der Waals surface area contributed by atoms with Crippen molar-refractivity contribution in [2.45, 2.75) is 44.1 Å². The second-order valence-corrected chi connectivity index (χ2v) is 7.50. The lowest BCUT2D eigenvalue weighted by Gasteiger charge is -2.18. The highest BCUT2D eigenvalue weighted by Gasteiger charge is 2.29. The third-order valence-corrected chi connectivity index (χ3v) is 5.88. The van der Waals surface area contributed by atoms with Crippen molar-refractivity contribution in [2.75, 3.05) is 18.0 Å². The maximum Gasteiger partial charge on any atom is 0.263 e. The minimum Gasteiger partial charge on any atom is -0.354 e. The van der Waals surface area contributed by atoms with Crippen LogP contribution >= 0.6 is 11.3 Å². The number of hydrogen-bond donors (Lipinski definition) is 1. The van der Waals surface area contributed by atoms with Gasteiger partial charge in [0.25, 0.3) is 5.91 Å². The molecule has 3 heterocycles. The minimum absolute atomic E-state index is 0.0484. The Morgan fingerprint density at radius 3 is 2.88 bits per heavy atom. The number of carbonyl (C=O) groups excluding carboxylic acids is 1. The van der Waals surface area contributed by atoms with E-state index in [9.17, 15) is 4.79 Å². The highest BCUT2D eigenvalue weighted by Crippen LogP contribution is 2.36. The van der Waals surface area contributed by atoms with Gasteiger partial charge < -0.3 is 10.2 Å². The van der Waals surface area contributed by atoms with Crippen molar-refractivity contribution in [1.82, 2.24) is 15.3 Å². The van der Waals surface area contributed by atoms with Crippen LogP contribution in [0.4, 0.5) is 5.82 Å². The maximum absolute atomic E-state index is 12.7. The molecule has 6 heteroatoms. The monoisotopic (exact) mass is 342 g/mol. The molecule has 2 aromatic heterocycles. The molecule has 1 amide bonds.